The summed E-state index contributed by atoms with van der Waals surface area (Å²) in [5, 5.41) is 0.823. The Bertz CT molecular complexity index is 1580. The van der Waals surface area contributed by atoms with Gasteiger partial charge in [0.25, 0.3) is 15.4 Å². The van der Waals surface area contributed by atoms with Gasteiger partial charge in [0, 0.05) is 23.3 Å². The standard InChI is InChI=1S/C22H16F3N3O4S/c1-14-12-27(13-15-10-11-26-19-5-3-2-4-18(15)19)21(30)28(20(14)29)16-6-8-17(9-7-16)33(31,32)22(23,24)25/h2-12H,13H2,1H3. The van der Waals surface area contributed by atoms with Gasteiger partial charge in [-0.15, -0.1) is 0 Å². The summed E-state index contributed by atoms with van der Waals surface area (Å²) in [4.78, 5) is 29.1. The van der Waals surface area contributed by atoms with Crippen molar-refractivity contribution in [3.8, 4) is 5.69 Å². The normalized spacial score (nSPS) is 12.2. The molecule has 0 radical (unpaired) electrons. The van der Waals surface area contributed by atoms with Crippen molar-refractivity contribution < 1.29 is 21.6 Å². The maximum absolute atomic E-state index is 13.1. The van der Waals surface area contributed by atoms with E-state index < -0.39 is 31.5 Å². The van der Waals surface area contributed by atoms with E-state index in [0.717, 1.165) is 33.2 Å². The highest BCUT2D eigenvalue weighted by atomic mass is 32.2. The molecule has 33 heavy (non-hydrogen) atoms. The van der Waals surface area contributed by atoms with E-state index in [0.29, 0.717) is 12.1 Å². The summed E-state index contributed by atoms with van der Waals surface area (Å²) in [6.45, 7) is 1.62. The van der Waals surface area contributed by atoms with E-state index in [2.05, 4.69) is 4.98 Å². The van der Waals surface area contributed by atoms with Gasteiger partial charge >= 0.3 is 11.2 Å². The predicted octanol–water partition coefficient (Wildman–Crippen LogP) is 3.20. The van der Waals surface area contributed by atoms with Gasteiger partial charge in [0.05, 0.1) is 22.6 Å². The van der Waals surface area contributed by atoms with Crippen molar-refractivity contribution in [2.24, 2.45) is 0 Å². The van der Waals surface area contributed by atoms with Gasteiger partial charge in [-0.2, -0.15) is 13.2 Å². The number of benzene rings is 2. The third kappa shape index (κ3) is 3.95. The van der Waals surface area contributed by atoms with Crippen LogP contribution in [-0.4, -0.2) is 28.0 Å². The second-order valence-electron chi connectivity index (χ2n) is 7.29. The van der Waals surface area contributed by atoms with E-state index >= 15 is 0 Å². The minimum Gasteiger partial charge on any atom is -0.295 e. The number of aryl methyl sites for hydroxylation is 1. The van der Waals surface area contributed by atoms with Crippen LogP contribution >= 0.6 is 0 Å². The molecule has 0 aliphatic heterocycles. The van der Waals surface area contributed by atoms with Crippen LogP contribution < -0.4 is 11.2 Å². The van der Waals surface area contributed by atoms with Crippen molar-refractivity contribution in [3.05, 3.63) is 99.0 Å². The van der Waals surface area contributed by atoms with Crippen molar-refractivity contribution in [2.45, 2.75) is 23.9 Å². The molecule has 0 N–H and O–H groups in total. The van der Waals surface area contributed by atoms with Crippen LogP contribution in [0.4, 0.5) is 13.2 Å². The summed E-state index contributed by atoms with van der Waals surface area (Å²) in [5.74, 6) is 0. The van der Waals surface area contributed by atoms with E-state index in [1.54, 1.807) is 12.3 Å². The van der Waals surface area contributed by atoms with Gasteiger partial charge in [-0.1, -0.05) is 18.2 Å². The van der Waals surface area contributed by atoms with E-state index in [1.807, 2.05) is 24.3 Å². The van der Waals surface area contributed by atoms with Gasteiger partial charge in [0.1, 0.15) is 0 Å². The molecule has 2 aromatic heterocycles. The number of hydrogen-bond donors (Lipinski definition) is 0. The Morgan fingerprint density at radius 2 is 1.64 bits per heavy atom. The van der Waals surface area contributed by atoms with Crippen LogP contribution in [0, 0.1) is 6.92 Å². The van der Waals surface area contributed by atoms with Crippen molar-refractivity contribution in [1.29, 1.82) is 0 Å². The van der Waals surface area contributed by atoms with Gasteiger partial charge in [-0.05, 0) is 48.9 Å². The first-order valence-corrected chi connectivity index (χ1v) is 11.1. The average molecular weight is 475 g/mol. The first-order valence-electron chi connectivity index (χ1n) is 9.58. The topological polar surface area (TPSA) is 91.0 Å². The molecule has 4 rings (SSSR count). The number of para-hydroxylation sites is 1. The molecule has 0 saturated carbocycles. The molecule has 7 nitrogen and oxygen atoms in total. The Morgan fingerprint density at radius 1 is 0.970 bits per heavy atom. The largest absolute Gasteiger partial charge is 0.501 e. The number of halogens is 3. The lowest BCUT2D eigenvalue weighted by atomic mass is 10.1. The number of rotatable bonds is 4. The summed E-state index contributed by atoms with van der Waals surface area (Å²) < 4.78 is 63.7. The lowest BCUT2D eigenvalue weighted by Gasteiger charge is -2.14. The molecule has 0 unspecified atom stereocenters. The molecule has 0 aliphatic rings. The quantitative estimate of drug-likeness (QED) is 0.452. The number of sulfone groups is 1. The average Bonchev–Trinajstić information content (AvgIpc) is 2.77. The number of alkyl halides is 3. The van der Waals surface area contributed by atoms with Gasteiger partial charge in [-0.3, -0.25) is 14.3 Å². The molecule has 0 bridgehead atoms. The number of aromatic nitrogens is 3. The van der Waals surface area contributed by atoms with Gasteiger partial charge in [0.15, 0.2) is 0 Å². The molecular weight excluding hydrogens is 459 g/mol. The third-order valence-corrected chi connectivity index (χ3v) is 6.62. The number of hydrogen-bond acceptors (Lipinski definition) is 5. The molecule has 2 aromatic carbocycles. The van der Waals surface area contributed by atoms with Crippen molar-refractivity contribution >= 4 is 20.7 Å². The number of nitrogens with zero attached hydrogens (tertiary/aromatic N) is 3. The Morgan fingerprint density at radius 3 is 2.30 bits per heavy atom. The van der Waals surface area contributed by atoms with Crippen LogP contribution in [0.3, 0.4) is 0 Å². The molecule has 0 atom stereocenters. The summed E-state index contributed by atoms with van der Waals surface area (Å²) in [6.07, 6.45) is 3.00. The van der Waals surface area contributed by atoms with E-state index in [1.165, 1.54) is 17.7 Å². The Hall–Kier alpha value is -3.73. The van der Waals surface area contributed by atoms with Crippen molar-refractivity contribution in [2.75, 3.05) is 0 Å². The molecule has 0 saturated heterocycles. The zero-order valence-corrected chi connectivity index (χ0v) is 17.9. The SMILES string of the molecule is Cc1cn(Cc2ccnc3ccccc23)c(=O)n(-c2ccc(S(=O)(=O)C(F)(F)F)cc2)c1=O. The zero-order chi connectivity index (χ0) is 24.0. The first-order chi connectivity index (χ1) is 15.5. The second-order valence-corrected chi connectivity index (χ2v) is 9.23. The highest BCUT2D eigenvalue weighted by Crippen LogP contribution is 2.30. The second kappa shape index (κ2) is 8.00. The minimum absolute atomic E-state index is 0.0526. The molecule has 0 fully saturated rings. The maximum Gasteiger partial charge on any atom is 0.501 e. The summed E-state index contributed by atoms with van der Waals surface area (Å²) in [7, 11) is -5.55. The first kappa shape index (κ1) is 22.5. The van der Waals surface area contributed by atoms with Crippen LogP contribution in [0.15, 0.2) is 81.5 Å². The monoisotopic (exact) mass is 475 g/mol. The lowest BCUT2D eigenvalue weighted by molar-refractivity contribution is -0.0436. The van der Waals surface area contributed by atoms with Crippen LogP contribution in [0.5, 0.6) is 0 Å². The highest BCUT2D eigenvalue weighted by molar-refractivity contribution is 7.92. The Kier molecular flexibility index (Phi) is 5.44. The lowest BCUT2D eigenvalue weighted by Crippen LogP contribution is -2.39. The van der Waals surface area contributed by atoms with Crippen LogP contribution in [0.1, 0.15) is 11.1 Å². The highest BCUT2D eigenvalue weighted by Gasteiger charge is 2.46. The molecule has 0 aliphatic carbocycles. The molecular formula is C22H16F3N3O4S. The smallest absolute Gasteiger partial charge is 0.295 e. The van der Waals surface area contributed by atoms with Gasteiger partial charge in [-0.25, -0.2) is 17.8 Å². The fraction of sp³-hybridized carbons (Fsp3) is 0.136. The molecule has 2 heterocycles. The van der Waals surface area contributed by atoms with Crippen LogP contribution in [-0.2, 0) is 16.4 Å². The Balaban J connectivity index is 1.81. The summed E-state index contributed by atoms with van der Waals surface area (Å²) in [6, 6.07) is 12.5. The molecule has 170 valence electrons. The fourth-order valence-corrected chi connectivity index (χ4v) is 4.22. The minimum atomic E-state index is -5.55. The molecule has 0 spiro atoms. The van der Waals surface area contributed by atoms with Crippen molar-refractivity contribution in [1.82, 2.24) is 14.1 Å². The molecule has 11 heteroatoms. The van der Waals surface area contributed by atoms with Crippen LogP contribution in [0.2, 0.25) is 0 Å². The summed E-state index contributed by atoms with van der Waals surface area (Å²) in [5.41, 5.74) is -5.17. The predicted molar refractivity (Wildman–Crippen MR) is 115 cm³/mol. The van der Waals surface area contributed by atoms with E-state index in [9.17, 15) is 31.2 Å². The van der Waals surface area contributed by atoms with Gasteiger partial charge in [0.2, 0.25) is 0 Å². The fourth-order valence-electron chi connectivity index (χ4n) is 3.46. The zero-order valence-electron chi connectivity index (χ0n) is 17.1. The summed E-state index contributed by atoms with van der Waals surface area (Å²) >= 11 is 0. The van der Waals surface area contributed by atoms with Crippen LogP contribution in [0.25, 0.3) is 16.6 Å². The van der Waals surface area contributed by atoms with Gasteiger partial charge < -0.3 is 0 Å². The third-order valence-electron chi connectivity index (χ3n) is 5.12. The van der Waals surface area contributed by atoms with E-state index in [-0.39, 0.29) is 17.8 Å². The maximum atomic E-state index is 13.1. The Labute approximate surface area is 185 Å². The number of pyridine rings is 1. The molecule has 0 amide bonds. The number of fused-ring (bicyclic) bond motifs is 1. The van der Waals surface area contributed by atoms with Crippen molar-refractivity contribution in [3.63, 3.8) is 0 Å². The molecule has 4 aromatic rings. The van der Waals surface area contributed by atoms with E-state index in [4.69, 9.17) is 0 Å².